The largest absolute Gasteiger partial charge is 0.462 e. The summed E-state index contributed by atoms with van der Waals surface area (Å²) in [4.78, 5) is 0. The van der Waals surface area contributed by atoms with Gasteiger partial charge in [-0.05, 0) is 24.5 Å². The Balaban J connectivity index is 1.98. The summed E-state index contributed by atoms with van der Waals surface area (Å²) >= 11 is 0. The maximum Gasteiger partial charge on any atom is 0.269 e. The Morgan fingerprint density at radius 1 is 1.17 bits per heavy atom. The van der Waals surface area contributed by atoms with Crippen molar-refractivity contribution in [2.75, 3.05) is 6.61 Å². The van der Waals surface area contributed by atoms with E-state index in [9.17, 15) is 8.42 Å². The van der Waals surface area contributed by atoms with Crippen molar-refractivity contribution in [3.05, 3.63) is 29.3 Å². The lowest BCUT2D eigenvalue weighted by molar-refractivity contribution is -0.201. The van der Waals surface area contributed by atoms with Gasteiger partial charge in [-0.3, -0.25) is 4.55 Å². The zero-order valence-electron chi connectivity index (χ0n) is 13.7. The van der Waals surface area contributed by atoms with Crippen LogP contribution in [0.1, 0.15) is 57.1 Å². The average molecular weight is 340 g/mol. The van der Waals surface area contributed by atoms with Crippen LogP contribution in [0.2, 0.25) is 0 Å². The Bertz CT molecular complexity index is 687. The van der Waals surface area contributed by atoms with E-state index in [-0.39, 0.29) is 11.2 Å². The minimum atomic E-state index is -4.05. The molecule has 1 fully saturated rings. The second-order valence-electron chi connectivity index (χ2n) is 7.30. The normalized spacial score (nSPS) is 22.9. The standard InChI is InChI=1S/C17H24O5S/c1-16(2)12-21-17(8-4-3-5-9-17)22-15-7-6-13(10-14(15)16)11-23(18,19)20/h6-7,10H,3-5,8-9,11-12H2,1-2H3,(H,18,19,20). The molecule has 0 saturated heterocycles. The minimum absolute atomic E-state index is 0.286. The second kappa shape index (κ2) is 5.76. The number of ether oxygens (including phenoxy) is 2. The topological polar surface area (TPSA) is 72.8 Å². The molecule has 0 unspecified atom stereocenters. The molecular weight excluding hydrogens is 316 g/mol. The zero-order chi connectivity index (χ0) is 16.7. The number of fused-ring (bicyclic) bond motifs is 1. The highest BCUT2D eigenvalue weighted by Crippen LogP contribution is 2.43. The van der Waals surface area contributed by atoms with E-state index in [0.717, 1.165) is 37.0 Å². The molecule has 23 heavy (non-hydrogen) atoms. The monoisotopic (exact) mass is 340 g/mol. The van der Waals surface area contributed by atoms with Crippen LogP contribution in [0.5, 0.6) is 5.75 Å². The van der Waals surface area contributed by atoms with Crippen molar-refractivity contribution >= 4 is 10.1 Å². The first-order valence-electron chi connectivity index (χ1n) is 8.11. The van der Waals surface area contributed by atoms with Gasteiger partial charge in [0.15, 0.2) is 0 Å². The molecule has 1 N–H and O–H groups in total. The highest BCUT2D eigenvalue weighted by Gasteiger charge is 2.42. The van der Waals surface area contributed by atoms with Crippen molar-refractivity contribution in [3.8, 4) is 5.75 Å². The summed E-state index contributed by atoms with van der Waals surface area (Å²) in [6.45, 7) is 4.65. The van der Waals surface area contributed by atoms with Gasteiger partial charge in [0.1, 0.15) is 11.5 Å². The maximum atomic E-state index is 11.1. The number of rotatable bonds is 2. The number of hydrogen-bond acceptors (Lipinski definition) is 4. The third kappa shape index (κ3) is 3.70. The Morgan fingerprint density at radius 2 is 1.87 bits per heavy atom. The molecule has 1 aromatic rings. The summed E-state index contributed by atoms with van der Waals surface area (Å²) < 4.78 is 43.8. The van der Waals surface area contributed by atoms with Crippen LogP contribution in [0.3, 0.4) is 0 Å². The van der Waals surface area contributed by atoms with E-state index in [1.54, 1.807) is 6.07 Å². The first kappa shape index (κ1) is 16.7. The van der Waals surface area contributed by atoms with Gasteiger partial charge in [0, 0.05) is 23.8 Å². The first-order valence-corrected chi connectivity index (χ1v) is 9.72. The van der Waals surface area contributed by atoms with Gasteiger partial charge in [-0.1, -0.05) is 32.4 Å². The van der Waals surface area contributed by atoms with Crippen molar-refractivity contribution in [3.63, 3.8) is 0 Å². The van der Waals surface area contributed by atoms with Crippen LogP contribution in [-0.4, -0.2) is 25.4 Å². The van der Waals surface area contributed by atoms with Crippen molar-refractivity contribution in [2.45, 2.75) is 62.9 Å². The molecule has 1 aliphatic heterocycles. The highest BCUT2D eigenvalue weighted by molar-refractivity contribution is 7.85. The third-order valence-corrected chi connectivity index (χ3v) is 5.43. The summed E-state index contributed by atoms with van der Waals surface area (Å²) in [5.41, 5.74) is 1.20. The quantitative estimate of drug-likeness (QED) is 0.835. The summed E-state index contributed by atoms with van der Waals surface area (Å²) in [6.07, 6.45) is 5.16. The predicted octanol–water partition coefficient (Wildman–Crippen LogP) is 3.42. The Kier molecular flexibility index (Phi) is 4.19. The fourth-order valence-corrected chi connectivity index (χ4v) is 4.05. The van der Waals surface area contributed by atoms with E-state index in [4.69, 9.17) is 14.0 Å². The van der Waals surface area contributed by atoms with E-state index in [2.05, 4.69) is 13.8 Å². The number of benzene rings is 1. The van der Waals surface area contributed by atoms with Crippen molar-refractivity contribution in [2.24, 2.45) is 0 Å². The fraction of sp³-hybridized carbons (Fsp3) is 0.647. The van der Waals surface area contributed by atoms with Gasteiger partial charge in [-0.15, -0.1) is 0 Å². The minimum Gasteiger partial charge on any atom is -0.462 e. The molecule has 0 amide bonds. The van der Waals surface area contributed by atoms with E-state index >= 15 is 0 Å². The van der Waals surface area contributed by atoms with Gasteiger partial charge in [0.2, 0.25) is 5.79 Å². The Labute approximate surface area is 137 Å². The van der Waals surface area contributed by atoms with E-state index < -0.39 is 15.9 Å². The lowest BCUT2D eigenvalue weighted by Crippen LogP contribution is -2.41. The molecule has 0 radical (unpaired) electrons. The van der Waals surface area contributed by atoms with Crippen LogP contribution in [0.4, 0.5) is 0 Å². The Hall–Kier alpha value is -1.11. The van der Waals surface area contributed by atoms with Crippen LogP contribution in [-0.2, 0) is 26.0 Å². The van der Waals surface area contributed by atoms with E-state index in [1.807, 2.05) is 12.1 Å². The second-order valence-corrected chi connectivity index (χ2v) is 8.76. The maximum absolute atomic E-state index is 11.1. The van der Waals surface area contributed by atoms with Crippen LogP contribution in [0.25, 0.3) is 0 Å². The van der Waals surface area contributed by atoms with Gasteiger partial charge >= 0.3 is 0 Å². The Morgan fingerprint density at radius 3 is 2.52 bits per heavy atom. The molecule has 5 nitrogen and oxygen atoms in total. The molecule has 1 saturated carbocycles. The molecular formula is C17H24O5S. The molecule has 1 aliphatic carbocycles. The molecule has 1 aromatic carbocycles. The van der Waals surface area contributed by atoms with Crippen molar-refractivity contribution < 1.29 is 22.4 Å². The molecule has 0 atom stereocenters. The highest BCUT2D eigenvalue weighted by atomic mass is 32.2. The smallest absolute Gasteiger partial charge is 0.269 e. The molecule has 0 bridgehead atoms. The molecule has 2 aliphatic rings. The van der Waals surface area contributed by atoms with Crippen LogP contribution in [0.15, 0.2) is 18.2 Å². The van der Waals surface area contributed by atoms with Crippen LogP contribution >= 0.6 is 0 Å². The zero-order valence-corrected chi connectivity index (χ0v) is 14.5. The lowest BCUT2D eigenvalue weighted by atomic mass is 9.84. The van der Waals surface area contributed by atoms with Crippen LogP contribution < -0.4 is 4.74 Å². The number of hydrogen-bond donors (Lipinski definition) is 1. The first-order chi connectivity index (χ1) is 10.7. The van der Waals surface area contributed by atoms with Crippen molar-refractivity contribution in [1.29, 1.82) is 0 Å². The summed E-state index contributed by atoms with van der Waals surface area (Å²) in [6, 6.07) is 5.32. The summed E-state index contributed by atoms with van der Waals surface area (Å²) in [7, 11) is -4.05. The van der Waals surface area contributed by atoms with E-state index in [0.29, 0.717) is 12.2 Å². The molecule has 6 heteroatoms. The SMILES string of the molecule is CC1(C)COC2(CCCCC2)Oc2ccc(CS(=O)(=O)O)cc21. The third-order valence-electron chi connectivity index (χ3n) is 4.73. The van der Waals surface area contributed by atoms with Gasteiger partial charge in [-0.2, -0.15) is 8.42 Å². The molecule has 1 spiro atoms. The van der Waals surface area contributed by atoms with Gasteiger partial charge in [-0.25, -0.2) is 0 Å². The summed E-state index contributed by atoms with van der Waals surface area (Å²) in [5.74, 6) is -0.179. The molecule has 3 rings (SSSR count). The van der Waals surface area contributed by atoms with Crippen molar-refractivity contribution in [1.82, 2.24) is 0 Å². The van der Waals surface area contributed by atoms with Gasteiger partial charge in [0.25, 0.3) is 10.1 Å². The fourth-order valence-electron chi connectivity index (χ4n) is 3.45. The molecule has 1 heterocycles. The van der Waals surface area contributed by atoms with E-state index in [1.165, 1.54) is 6.42 Å². The van der Waals surface area contributed by atoms with Crippen LogP contribution in [0, 0.1) is 0 Å². The average Bonchev–Trinajstić information content (AvgIpc) is 2.55. The van der Waals surface area contributed by atoms with Gasteiger partial charge < -0.3 is 9.47 Å². The molecule has 0 aromatic heterocycles. The lowest BCUT2D eigenvalue weighted by Gasteiger charge is -2.36. The summed E-state index contributed by atoms with van der Waals surface area (Å²) in [5, 5.41) is 0. The predicted molar refractivity (Wildman–Crippen MR) is 87.1 cm³/mol. The molecule has 128 valence electrons. The van der Waals surface area contributed by atoms with Gasteiger partial charge in [0.05, 0.1) is 6.61 Å².